The number of rotatable bonds is 4. The molecule has 0 radical (unpaired) electrons. The summed E-state index contributed by atoms with van der Waals surface area (Å²) in [6.07, 6.45) is 2.52. The van der Waals surface area contributed by atoms with Crippen LogP contribution in [0.5, 0.6) is 0 Å². The molecule has 0 N–H and O–H groups in total. The highest BCUT2D eigenvalue weighted by atomic mass is 15.5. The Morgan fingerprint density at radius 1 is 1.04 bits per heavy atom. The van der Waals surface area contributed by atoms with E-state index in [0.29, 0.717) is 11.5 Å². The van der Waals surface area contributed by atoms with Crippen LogP contribution >= 0.6 is 0 Å². The van der Waals surface area contributed by atoms with Gasteiger partial charge in [-0.3, -0.25) is 4.90 Å². The average molecular weight is 321 g/mol. The molecule has 1 aromatic rings. The van der Waals surface area contributed by atoms with Gasteiger partial charge in [0.1, 0.15) is 0 Å². The van der Waals surface area contributed by atoms with Crippen LogP contribution in [0.15, 0.2) is 0 Å². The molecular formula is C16H31N7. The average Bonchev–Trinajstić information content (AvgIpc) is 2.96. The van der Waals surface area contributed by atoms with Crippen LogP contribution in [0.25, 0.3) is 0 Å². The number of aryl methyl sites for hydroxylation is 1. The number of tetrazole rings is 1. The van der Waals surface area contributed by atoms with Gasteiger partial charge in [0.15, 0.2) is 5.82 Å². The lowest BCUT2D eigenvalue weighted by atomic mass is 9.79. The lowest BCUT2D eigenvalue weighted by Crippen LogP contribution is -2.50. The number of nitrogens with zero attached hydrogens (tertiary/aromatic N) is 7. The number of likely N-dealkylation sites (tertiary alicyclic amines) is 1. The highest BCUT2D eigenvalue weighted by Crippen LogP contribution is 2.34. The Kier molecular flexibility index (Phi) is 4.98. The monoisotopic (exact) mass is 321 g/mol. The first-order chi connectivity index (χ1) is 11.0. The van der Waals surface area contributed by atoms with Crippen molar-refractivity contribution in [2.45, 2.75) is 32.7 Å². The van der Waals surface area contributed by atoms with Gasteiger partial charge in [-0.25, -0.2) is 4.68 Å². The maximum absolute atomic E-state index is 4.18. The third-order valence-electron chi connectivity index (χ3n) is 5.78. The smallest absolute Gasteiger partial charge is 0.167 e. The summed E-state index contributed by atoms with van der Waals surface area (Å²) >= 11 is 0. The highest BCUT2D eigenvalue weighted by molar-refractivity contribution is 4.94. The fourth-order valence-electron chi connectivity index (χ4n) is 3.91. The Morgan fingerprint density at radius 2 is 1.70 bits per heavy atom. The van der Waals surface area contributed by atoms with E-state index in [9.17, 15) is 0 Å². The lowest BCUT2D eigenvalue weighted by Gasteiger charge is -2.45. The van der Waals surface area contributed by atoms with Crippen molar-refractivity contribution in [3.8, 4) is 0 Å². The minimum absolute atomic E-state index is 0.295. The molecule has 3 rings (SSSR count). The van der Waals surface area contributed by atoms with E-state index in [4.69, 9.17) is 0 Å². The molecule has 1 aromatic heterocycles. The van der Waals surface area contributed by atoms with Crippen molar-refractivity contribution in [3.63, 3.8) is 0 Å². The molecule has 0 spiro atoms. The van der Waals surface area contributed by atoms with Crippen molar-refractivity contribution in [2.75, 3.05) is 52.9 Å². The second-order valence-electron chi connectivity index (χ2n) is 7.76. The predicted octanol–water partition coefficient (Wildman–Crippen LogP) is 0.621. The van der Waals surface area contributed by atoms with Gasteiger partial charge in [0.25, 0.3) is 0 Å². The largest absolute Gasteiger partial charge is 0.304 e. The minimum Gasteiger partial charge on any atom is -0.304 e. The van der Waals surface area contributed by atoms with E-state index in [2.05, 4.69) is 51.1 Å². The standard InChI is InChI=1S/C16H31N7/c1-14(15-17-18-19-21(15)4)23-7-5-16(2,6-8-23)13-22-11-9-20(3)10-12-22/h14H,5-13H2,1-4H3. The second kappa shape index (κ2) is 6.83. The van der Waals surface area contributed by atoms with Gasteiger partial charge in [-0.15, -0.1) is 5.10 Å². The fourth-order valence-corrected chi connectivity index (χ4v) is 3.91. The Labute approximate surface area is 139 Å². The summed E-state index contributed by atoms with van der Waals surface area (Å²) in [4.78, 5) is 7.61. The van der Waals surface area contributed by atoms with Gasteiger partial charge in [0, 0.05) is 39.8 Å². The summed E-state index contributed by atoms with van der Waals surface area (Å²) in [6.45, 7) is 13.1. The van der Waals surface area contributed by atoms with Crippen molar-refractivity contribution in [2.24, 2.45) is 12.5 Å². The molecule has 7 nitrogen and oxygen atoms in total. The zero-order valence-corrected chi connectivity index (χ0v) is 15.1. The maximum atomic E-state index is 4.18. The van der Waals surface area contributed by atoms with Gasteiger partial charge in [-0.1, -0.05) is 6.92 Å². The topological polar surface area (TPSA) is 53.3 Å². The molecule has 1 atom stereocenters. The van der Waals surface area contributed by atoms with Crippen LogP contribution in [0.4, 0.5) is 0 Å². The normalized spacial score (nSPS) is 25.6. The van der Waals surface area contributed by atoms with E-state index in [0.717, 1.165) is 18.9 Å². The Morgan fingerprint density at radius 3 is 2.26 bits per heavy atom. The van der Waals surface area contributed by atoms with E-state index in [1.165, 1.54) is 45.6 Å². The third-order valence-corrected chi connectivity index (χ3v) is 5.78. The number of aromatic nitrogens is 4. The first-order valence-electron chi connectivity index (χ1n) is 8.84. The van der Waals surface area contributed by atoms with Crippen LogP contribution in [0.1, 0.15) is 38.6 Å². The lowest BCUT2D eigenvalue weighted by molar-refractivity contribution is 0.0397. The van der Waals surface area contributed by atoms with E-state index in [-0.39, 0.29) is 0 Å². The van der Waals surface area contributed by atoms with Gasteiger partial charge < -0.3 is 9.80 Å². The van der Waals surface area contributed by atoms with Crippen LogP contribution in [0.2, 0.25) is 0 Å². The van der Waals surface area contributed by atoms with Crippen molar-refractivity contribution in [1.82, 2.24) is 34.9 Å². The fraction of sp³-hybridized carbons (Fsp3) is 0.938. The molecule has 2 aliphatic heterocycles. The molecule has 3 heterocycles. The highest BCUT2D eigenvalue weighted by Gasteiger charge is 2.34. The van der Waals surface area contributed by atoms with Crippen LogP contribution in [-0.4, -0.2) is 87.8 Å². The molecule has 0 saturated carbocycles. The van der Waals surface area contributed by atoms with Crippen molar-refractivity contribution >= 4 is 0 Å². The first-order valence-corrected chi connectivity index (χ1v) is 8.84. The molecule has 7 heteroatoms. The second-order valence-corrected chi connectivity index (χ2v) is 7.76. The van der Waals surface area contributed by atoms with E-state index >= 15 is 0 Å². The van der Waals surface area contributed by atoms with Crippen molar-refractivity contribution < 1.29 is 0 Å². The molecule has 2 saturated heterocycles. The molecule has 130 valence electrons. The van der Waals surface area contributed by atoms with Gasteiger partial charge in [-0.05, 0) is 55.7 Å². The molecule has 23 heavy (non-hydrogen) atoms. The molecule has 0 aromatic carbocycles. The number of hydrogen-bond acceptors (Lipinski definition) is 6. The first kappa shape index (κ1) is 16.8. The molecule has 0 amide bonds. The molecule has 0 aliphatic carbocycles. The van der Waals surface area contributed by atoms with Gasteiger partial charge in [0.05, 0.1) is 6.04 Å². The predicted molar refractivity (Wildman–Crippen MR) is 90.1 cm³/mol. The van der Waals surface area contributed by atoms with E-state index in [1.807, 2.05) is 7.05 Å². The van der Waals surface area contributed by atoms with Crippen LogP contribution in [0, 0.1) is 5.41 Å². The van der Waals surface area contributed by atoms with Crippen LogP contribution in [0.3, 0.4) is 0 Å². The summed E-state index contributed by atoms with van der Waals surface area (Å²) in [5.74, 6) is 0.965. The summed E-state index contributed by atoms with van der Waals surface area (Å²) < 4.78 is 1.79. The maximum Gasteiger partial charge on any atom is 0.167 e. The van der Waals surface area contributed by atoms with Gasteiger partial charge in [0.2, 0.25) is 0 Å². The summed E-state index contributed by atoms with van der Waals surface area (Å²) in [7, 11) is 4.15. The molecular weight excluding hydrogens is 290 g/mol. The third kappa shape index (κ3) is 3.89. The van der Waals surface area contributed by atoms with Crippen LogP contribution < -0.4 is 0 Å². The van der Waals surface area contributed by atoms with Gasteiger partial charge >= 0.3 is 0 Å². The minimum atomic E-state index is 0.295. The molecule has 0 bridgehead atoms. The SMILES string of the molecule is CC(c1nnnn1C)N1CCC(C)(CN2CCN(C)CC2)CC1. The summed E-state index contributed by atoms with van der Waals surface area (Å²) in [5, 5.41) is 11.9. The summed E-state index contributed by atoms with van der Waals surface area (Å²) in [5.41, 5.74) is 0.449. The number of piperazine rings is 1. The zero-order valence-electron chi connectivity index (χ0n) is 15.1. The number of hydrogen-bond donors (Lipinski definition) is 0. The van der Waals surface area contributed by atoms with Crippen molar-refractivity contribution in [1.29, 1.82) is 0 Å². The molecule has 2 fully saturated rings. The molecule has 2 aliphatic rings. The Bertz CT molecular complexity index is 498. The van der Waals surface area contributed by atoms with Gasteiger partial charge in [-0.2, -0.15) is 0 Å². The summed E-state index contributed by atoms with van der Waals surface area (Å²) in [6, 6.07) is 0.295. The van der Waals surface area contributed by atoms with E-state index in [1.54, 1.807) is 4.68 Å². The Balaban J connectivity index is 1.52. The number of likely N-dealkylation sites (N-methyl/N-ethyl adjacent to an activating group) is 1. The number of piperidine rings is 1. The zero-order chi connectivity index (χ0) is 16.4. The van der Waals surface area contributed by atoms with E-state index < -0.39 is 0 Å². The van der Waals surface area contributed by atoms with Crippen molar-refractivity contribution in [3.05, 3.63) is 5.82 Å². The quantitative estimate of drug-likeness (QED) is 0.810. The molecule has 1 unspecified atom stereocenters. The van der Waals surface area contributed by atoms with Crippen LogP contribution in [-0.2, 0) is 7.05 Å². The Hall–Kier alpha value is -1.05.